The molecule has 0 aliphatic carbocycles. The molecule has 0 radical (unpaired) electrons. The first-order valence-corrected chi connectivity index (χ1v) is 4.03. The molecule has 0 spiro atoms. The van der Waals surface area contributed by atoms with Crippen LogP contribution in [-0.2, 0) is 0 Å². The molecule has 0 unspecified atom stereocenters. The summed E-state index contributed by atoms with van der Waals surface area (Å²) in [6, 6.07) is 5.99. The van der Waals surface area contributed by atoms with Gasteiger partial charge in [-0.2, -0.15) is 0 Å². The van der Waals surface area contributed by atoms with E-state index in [1.807, 2.05) is 0 Å². The Morgan fingerprint density at radius 1 is 1.20 bits per heavy atom. The van der Waals surface area contributed by atoms with Crippen LogP contribution in [0.2, 0.25) is 0 Å². The summed E-state index contributed by atoms with van der Waals surface area (Å²) in [6.07, 6.45) is 0. The molecule has 0 saturated carbocycles. The number of carboxylic acid groups (broad SMARTS) is 1. The number of aromatic carboxylic acids is 1. The number of benzene rings is 1. The van der Waals surface area contributed by atoms with Gasteiger partial charge in [-0.05, 0) is 24.3 Å². The summed E-state index contributed by atoms with van der Waals surface area (Å²) < 4.78 is 4.87. The standard InChI is InChI=1S/C9H6N2O4/c12-6-3-1-5(2-4-6)7-10-11-8(15-7)9(13)14/h1-4,12H,(H,13,14). The summed E-state index contributed by atoms with van der Waals surface area (Å²) in [5, 5.41) is 24.5. The van der Waals surface area contributed by atoms with Crippen molar-refractivity contribution in [2.24, 2.45) is 0 Å². The lowest BCUT2D eigenvalue weighted by Crippen LogP contribution is -1.95. The van der Waals surface area contributed by atoms with E-state index in [0.29, 0.717) is 5.56 Å². The van der Waals surface area contributed by atoms with Gasteiger partial charge in [-0.3, -0.25) is 0 Å². The van der Waals surface area contributed by atoms with E-state index in [9.17, 15) is 4.79 Å². The zero-order valence-electron chi connectivity index (χ0n) is 7.41. The zero-order valence-corrected chi connectivity index (χ0v) is 7.41. The molecule has 2 aromatic rings. The number of phenols is 1. The molecule has 2 N–H and O–H groups in total. The number of carboxylic acids is 1. The molecule has 2 rings (SSSR count). The van der Waals surface area contributed by atoms with Gasteiger partial charge < -0.3 is 14.6 Å². The lowest BCUT2D eigenvalue weighted by atomic mass is 10.2. The molecular weight excluding hydrogens is 200 g/mol. The third kappa shape index (κ3) is 1.78. The summed E-state index contributed by atoms with van der Waals surface area (Å²) in [5.41, 5.74) is 0.549. The van der Waals surface area contributed by atoms with Crippen molar-refractivity contribution >= 4 is 5.97 Å². The first-order valence-electron chi connectivity index (χ1n) is 4.03. The molecule has 0 bridgehead atoms. The molecule has 1 heterocycles. The van der Waals surface area contributed by atoms with E-state index < -0.39 is 11.9 Å². The minimum absolute atomic E-state index is 0.104. The first-order chi connectivity index (χ1) is 7.16. The number of phenolic OH excluding ortho intramolecular Hbond substituents is 1. The third-order valence-corrected chi connectivity index (χ3v) is 1.72. The molecule has 0 saturated heterocycles. The molecule has 0 aliphatic heterocycles. The predicted molar refractivity (Wildman–Crippen MR) is 48.4 cm³/mol. The second-order valence-corrected chi connectivity index (χ2v) is 2.76. The van der Waals surface area contributed by atoms with Gasteiger partial charge in [-0.25, -0.2) is 4.79 Å². The van der Waals surface area contributed by atoms with E-state index in [4.69, 9.17) is 14.6 Å². The number of hydrogen-bond donors (Lipinski definition) is 2. The Morgan fingerprint density at radius 3 is 2.40 bits per heavy atom. The number of aromatic hydroxyl groups is 1. The van der Waals surface area contributed by atoms with Gasteiger partial charge >= 0.3 is 11.9 Å². The van der Waals surface area contributed by atoms with E-state index in [1.54, 1.807) is 12.1 Å². The second kappa shape index (κ2) is 3.41. The van der Waals surface area contributed by atoms with Crippen molar-refractivity contribution in [3.05, 3.63) is 30.2 Å². The average molecular weight is 206 g/mol. The van der Waals surface area contributed by atoms with Crippen LogP contribution in [-0.4, -0.2) is 26.4 Å². The van der Waals surface area contributed by atoms with Gasteiger partial charge in [0.1, 0.15) is 5.75 Å². The van der Waals surface area contributed by atoms with Gasteiger partial charge in [-0.15, -0.1) is 10.2 Å². The van der Waals surface area contributed by atoms with E-state index in [0.717, 1.165) is 0 Å². The normalized spacial score (nSPS) is 10.1. The minimum Gasteiger partial charge on any atom is -0.508 e. The lowest BCUT2D eigenvalue weighted by molar-refractivity contribution is 0.0654. The first kappa shape index (κ1) is 9.20. The molecule has 1 aromatic heterocycles. The van der Waals surface area contributed by atoms with Crippen LogP contribution in [0.5, 0.6) is 5.75 Å². The topological polar surface area (TPSA) is 96.5 Å². The smallest absolute Gasteiger partial charge is 0.393 e. The molecular formula is C9H6N2O4. The van der Waals surface area contributed by atoms with Gasteiger partial charge in [0.15, 0.2) is 0 Å². The van der Waals surface area contributed by atoms with Crippen LogP contribution >= 0.6 is 0 Å². The van der Waals surface area contributed by atoms with E-state index >= 15 is 0 Å². The van der Waals surface area contributed by atoms with Crippen molar-refractivity contribution in [1.29, 1.82) is 0 Å². The molecule has 1 aromatic carbocycles. The van der Waals surface area contributed by atoms with Crippen LogP contribution in [0.25, 0.3) is 11.5 Å². The molecule has 0 amide bonds. The second-order valence-electron chi connectivity index (χ2n) is 2.76. The van der Waals surface area contributed by atoms with E-state index in [1.165, 1.54) is 12.1 Å². The SMILES string of the molecule is O=C(O)c1nnc(-c2ccc(O)cc2)o1. The van der Waals surface area contributed by atoms with Crippen molar-refractivity contribution in [2.45, 2.75) is 0 Å². The molecule has 0 aliphatic rings. The Bertz CT molecular complexity index is 489. The van der Waals surface area contributed by atoms with Gasteiger partial charge in [0.25, 0.3) is 0 Å². The van der Waals surface area contributed by atoms with Crippen LogP contribution in [0.15, 0.2) is 28.7 Å². The summed E-state index contributed by atoms with van der Waals surface area (Å²) in [4.78, 5) is 10.5. The Hall–Kier alpha value is -2.37. The van der Waals surface area contributed by atoms with Crippen molar-refractivity contribution in [3.8, 4) is 17.2 Å². The summed E-state index contributed by atoms with van der Waals surface area (Å²) in [7, 11) is 0. The maximum absolute atomic E-state index is 10.5. The van der Waals surface area contributed by atoms with Crippen LogP contribution in [0, 0.1) is 0 Å². The lowest BCUT2D eigenvalue weighted by Gasteiger charge is -1.93. The molecule has 6 heteroatoms. The largest absolute Gasteiger partial charge is 0.508 e. The highest BCUT2D eigenvalue weighted by Gasteiger charge is 2.13. The Labute approximate surface area is 83.8 Å². The molecule has 0 fully saturated rings. The van der Waals surface area contributed by atoms with Crippen LogP contribution in [0.1, 0.15) is 10.7 Å². The van der Waals surface area contributed by atoms with E-state index in [2.05, 4.69) is 10.2 Å². The number of nitrogens with zero attached hydrogens (tertiary/aromatic N) is 2. The fourth-order valence-corrected chi connectivity index (χ4v) is 1.03. The predicted octanol–water partition coefficient (Wildman–Crippen LogP) is 1.14. The number of carbonyl (C=O) groups is 1. The van der Waals surface area contributed by atoms with Gasteiger partial charge in [0, 0.05) is 5.56 Å². The number of rotatable bonds is 2. The molecule has 0 atom stereocenters. The van der Waals surface area contributed by atoms with Gasteiger partial charge in [0.05, 0.1) is 0 Å². The van der Waals surface area contributed by atoms with Crippen LogP contribution in [0.3, 0.4) is 0 Å². The molecule has 15 heavy (non-hydrogen) atoms. The maximum Gasteiger partial charge on any atom is 0.393 e. The fourth-order valence-electron chi connectivity index (χ4n) is 1.03. The summed E-state index contributed by atoms with van der Waals surface area (Å²) >= 11 is 0. The van der Waals surface area contributed by atoms with Crippen LogP contribution < -0.4 is 0 Å². The molecule has 76 valence electrons. The maximum atomic E-state index is 10.5. The minimum atomic E-state index is -1.27. The van der Waals surface area contributed by atoms with Crippen molar-refractivity contribution in [1.82, 2.24) is 10.2 Å². The fraction of sp³-hybridized carbons (Fsp3) is 0. The van der Waals surface area contributed by atoms with Crippen LogP contribution in [0.4, 0.5) is 0 Å². The zero-order chi connectivity index (χ0) is 10.8. The Balaban J connectivity index is 2.37. The van der Waals surface area contributed by atoms with Crippen molar-refractivity contribution in [2.75, 3.05) is 0 Å². The van der Waals surface area contributed by atoms with E-state index in [-0.39, 0.29) is 11.6 Å². The summed E-state index contributed by atoms with van der Waals surface area (Å²) in [5.74, 6) is -1.52. The third-order valence-electron chi connectivity index (χ3n) is 1.72. The highest BCUT2D eigenvalue weighted by atomic mass is 16.4. The number of hydrogen-bond acceptors (Lipinski definition) is 5. The van der Waals surface area contributed by atoms with Crippen molar-refractivity contribution in [3.63, 3.8) is 0 Å². The van der Waals surface area contributed by atoms with Crippen molar-refractivity contribution < 1.29 is 19.4 Å². The molecule has 6 nitrogen and oxygen atoms in total. The number of aromatic nitrogens is 2. The quantitative estimate of drug-likeness (QED) is 0.764. The Morgan fingerprint density at radius 2 is 1.87 bits per heavy atom. The van der Waals surface area contributed by atoms with Gasteiger partial charge in [-0.1, -0.05) is 0 Å². The highest BCUT2D eigenvalue weighted by molar-refractivity contribution is 5.82. The average Bonchev–Trinajstić information content (AvgIpc) is 2.68. The monoisotopic (exact) mass is 206 g/mol. The van der Waals surface area contributed by atoms with Gasteiger partial charge in [0.2, 0.25) is 5.89 Å². The Kier molecular flexibility index (Phi) is 2.09. The highest BCUT2D eigenvalue weighted by Crippen LogP contribution is 2.20. The summed E-state index contributed by atoms with van der Waals surface area (Å²) in [6.45, 7) is 0.